The van der Waals surface area contributed by atoms with Gasteiger partial charge in [0.1, 0.15) is 0 Å². The number of benzene rings is 1. The number of aromatic hydroxyl groups is 1. The van der Waals surface area contributed by atoms with Crippen LogP contribution < -0.4 is 4.74 Å². The standard InChI is InChI=1S/C31H33NO6/c1-3-38-24-11-7-10-19(29(24)35)25-18-12-13-20-26(31(37)32(30(20)36)17-8-5-4-6-9-17)21(18)15-22-27(25)23(33)14-16(2)28(22)34/h7,10-12,14,17,20-21,25-26,35H,3-6,8-9,13,15H2,1-2H3. The van der Waals surface area contributed by atoms with Crippen molar-refractivity contribution in [1.82, 2.24) is 4.90 Å². The third-order valence-corrected chi connectivity index (χ3v) is 9.18. The predicted octanol–water partition coefficient (Wildman–Crippen LogP) is 4.55. The van der Waals surface area contributed by atoms with Gasteiger partial charge in [-0.2, -0.15) is 0 Å². The summed E-state index contributed by atoms with van der Waals surface area (Å²) in [7, 11) is 0. The van der Waals surface area contributed by atoms with Crippen molar-refractivity contribution >= 4 is 23.4 Å². The summed E-state index contributed by atoms with van der Waals surface area (Å²) < 4.78 is 5.63. The fourth-order valence-electron chi connectivity index (χ4n) is 7.51. The van der Waals surface area contributed by atoms with E-state index in [9.17, 15) is 24.3 Å². The topological polar surface area (TPSA) is 101 Å². The molecule has 1 aromatic carbocycles. The number of hydrogen-bond acceptors (Lipinski definition) is 6. The van der Waals surface area contributed by atoms with E-state index < -0.39 is 17.8 Å². The number of nitrogens with zero attached hydrogens (tertiary/aromatic N) is 1. The number of allylic oxidation sites excluding steroid dienone is 6. The minimum atomic E-state index is -0.683. The number of Topliss-reactive ketones (excluding diaryl/α,β-unsaturated/α-hetero) is 1. The number of hydrogen-bond donors (Lipinski definition) is 1. The zero-order valence-electron chi connectivity index (χ0n) is 21.9. The van der Waals surface area contributed by atoms with E-state index in [1.165, 1.54) is 11.0 Å². The number of imide groups is 1. The van der Waals surface area contributed by atoms with Gasteiger partial charge < -0.3 is 9.84 Å². The quantitative estimate of drug-likeness (QED) is 0.359. The first-order valence-electron chi connectivity index (χ1n) is 13.8. The fraction of sp³-hybridized carbons (Fsp3) is 0.484. The SMILES string of the molecule is CCOc1cccc(C2C3=CCC4C(=O)N(C5CCCCC5)C(=O)C4C3CC3=C2C(=O)C=C(C)C3=O)c1O. The molecule has 1 saturated carbocycles. The van der Waals surface area contributed by atoms with Gasteiger partial charge in [-0.15, -0.1) is 0 Å². The third kappa shape index (κ3) is 3.62. The summed E-state index contributed by atoms with van der Waals surface area (Å²) in [5, 5.41) is 11.2. The number of ketones is 2. The second-order valence-electron chi connectivity index (χ2n) is 11.2. The zero-order chi connectivity index (χ0) is 26.7. The number of phenolic OH excluding ortho intramolecular Hbond substituents is 1. The van der Waals surface area contributed by atoms with Crippen LogP contribution in [0.3, 0.4) is 0 Å². The van der Waals surface area contributed by atoms with Gasteiger partial charge >= 0.3 is 0 Å². The Kier molecular flexibility index (Phi) is 6.12. The van der Waals surface area contributed by atoms with Gasteiger partial charge in [0.05, 0.1) is 18.4 Å². The van der Waals surface area contributed by atoms with Crippen molar-refractivity contribution in [3.63, 3.8) is 0 Å². The molecule has 5 aliphatic rings. The molecule has 1 heterocycles. The third-order valence-electron chi connectivity index (χ3n) is 9.18. The van der Waals surface area contributed by atoms with E-state index in [0.29, 0.717) is 41.1 Å². The minimum Gasteiger partial charge on any atom is -0.504 e. The number of carbonyl (C=O) groups excluding carboxylic acids is 4. The van der Waals surface area contributed by atoms with Gasteiger partial charge in [0.25, 0.3) is 0 Å². The fourth-order valence-corrected chi connectivity index (χ4v) is 7.51. The first-order chi connectivity index (χ1) is 18.3. The second kappa shape index (κ2) is 9.37. The van der Waals surface area contributed by atoms with Crippen molar-refractivity contribution in [2.75, 3.05) is 6.61 Å². The van der Waals surface area contributed by atoms with Gasteiger partial charge in [0.15, 0.2) is 23.1 Å². The average Bonchev–Trinajstić information content (AvgIpc) is 3.18. The first-order valence-corrected chi connectivity index (χ1v) is 13.8. The molecule has 1 saturated heterocycles. The van der Waals surface area contributed by atoms with Crippen LogP contribution in [0, 0.1) is 17.8 Å². The highest BCUT2D eigenvalue weighted by molar-refractivity contribution is 6.23. The predicted molar refractivity (Wildman–Crippen MR) is 139 cm³/mol. The van der Waals surface area contributed by atoms with Crippen LogP contribution in [-0.4, -0.2) is 46.0 Å². The molecule has 2 fully saturated rings. The lowest BCUT2D eigenvalue weighted by Gasteiger charge is -2.42. The first kappa shape index (κ1) is 24.8. The van der Waals surface area contributed by atoms with E-state index in [2.05, 4.69) is 0 Å². The Morgan fingerprint density at radius 3 is 2.53 bits per heavy atom. The Hall–Kier alpha value is -3.48. The van der Waals surface area contributed by atoms with Crippen LogP contribution in [-0.2, 0) is 19.2 Å². The Labute approximate surface area is 222 Å². The molecular weight excluding hydrogens is 482 g/mol. The number of para-hydroxylation sites is 1. The zero-order valence-corrected chi connectivity index (χ0v) is 21.9. The van der Waals surface area contributed by atoms with Crippen molar-refractivity contribution in [2.45, 2.75) is 70.8 Å². The number of phenols is 1. The molecule has 1 N–H and O–H groups in total. The van der Waals surface area contributed by atoms with Crippen LogP contribution in [0.4, 0.5) is 0 Å². The lowest BCUT2D eigenvalue weighted by molar-refractivity contribution is -0.143. The molecule has 4 unspecified atom stereocenters. The summed E-state index contributed by atoms with van der Waals surface area (Å²) in [6.45, 7) is 3.82. The molecule has 6 rings (SSSR count). The molecule has 4 aliphatic carbocycles. The van der Waals surface area contributed by atoms with Gasteiger partial charge in [-0.05, 0) is 57.6 Å². The van der Waals surface area contributed by atoms with Crippen molar-refractivity contribution < 1.29 is 29.0 Å². The van der Waals surface area contributed by atoms with E-state index in [1.807, 2.05) is 13.0 Å². The minimum absolute atomic E-state index is 0.0537. The summed E-state index contributed by atoms with van der Waals surface area (Å²) in [5.74, 6) is -2.53. The Morgan fingerprint density at radius 2 is 1.79 bits per heavy atom. The smallest absolute Gasteiger partial charge is 0.233 e. The van der Waals surface area contributed by atoms with E-state index in [0.717, 1.165) is 37.7 Å². The number of ether oxygens (including phenoxy) is 1. The number of fused-ring (bicyclic) bond motifs is 3. The van der Waals surface area contributed by atoms with Crippen molar-refractivity contribution in [3.05, 3.63) is 58.2 Å². The van der Waals surface area contributed by atoms with Crippen LogP contribution in [0.5, 0.6) is 11.5 Å². The number of likely N-dealkylation sites (tertiary alicyclic amines) is 1. The molecule has 198 valence electrons. The summed E-state index contributed by atoms with van der Waals surface area (Å²) in [5.41, 5.74) is 2.46. The number of amides is 2. The summed E-state index contributed by atoms with van der Waals surface area (Å²) in [4.78, 5) is 55.9. The maximum atomic E-state index is 14.0. The highest BCUT2D eigenvalue weighted by atomic mass is 16.5. The van der Waals surface area contributed by atoms with Crippen LogP contribution in [0.2, 0.25) is 0 Å². The molecule has 0 radical (unpaired) electrons. The van der Waals surface area contributed by atoms with Crippen molar-refractivity contribution in [1.29, 1.82) is 0 Å². The molecular formula is C31H33NO6. The molecule has 2 amide bonds. The lowest BCUT2D eigenvalue weighted by atomic mass is 9.59. The van der Waals surface area contributed by atoms with Crippen LogP contribution in [0.25, 0.3) is 0 Å². The maximum absolute atomic E-state index is 14.0. The monoisotopic (exact) mass is 515 g/mol. The molecule has 0 bridgehead atoms. The van der Waals surface area contributed by atoms with E-state index in [1.54, 1.807) is 25.1 Å². The molecule has 38 heavy (non-hydrogen) atoms. The Bertz CT molecular complexity index is 1340. The second-order valence-corrected chi connectivity index (χ2v) is 11.2. The molecule has 7 heteroatoms. The van der Waals surface area contributed by atoms with Gasteiger partial charge in [0.2, 0.25) is 11.8 Å². The Morgan fingerprint density at radius 1 is 1.03 bits per heavy atom. The molecule has 0 aromatic heterocycles. The van der Waals surface area contributed by atoms with Gasteiger partial charge in [0, 0.05) is 34.2 Å². The Balaban J connectivity index is 1.48. The van der Waals surface area contributed by atoms with E-state index in [4.69, 9.17) is 4.74 Å². The van der Waals surface area contributed by atoms with Gasteiger partial charge in [-0.3, -0.25) is 24.1 Å². The number of rotatable bonds is 4. The van der Waals surface area contributed by atoms with E-state index in [-0.39, 0.29) is 47.5 Å². The van der Waals surface area contributed by atoms with Gasteiger partial charge in [-0.1, -0.05) is 43.0 Å². The van der Waals surface area contributed by atoms with Crippen LogP contribution in [0.15, 0.2) is 52.6 Å². The normalized spacial score (nSPS) is 29.6. The largest absolute Gasteiger partial charge is 0.504 e. The van der Waals surface area contributed by atoms with Crippen molar-refractivity contribution in [3.8, 4) is 11.5 Å². The van der Waals surface area contributed by atoms with Crippen LogP contribution >= 0.6 is 0 Å². The summed E-state index contributed by atoms with van der Waals surface area (Å²) >= 11 is 0. The maximum Gasteiger partial charge on any atom is 0.233 e. The van der Waals surface area contributed by atoms with Crippen LogP contribution in [0.1, 0.15) is 70.3 Å². The molecule has 4 atom stereocenters. The molecule has 7 nitrogen and oxygen atoms in total. The molecule has 0 spiro atoms. The number of carbonyl (C=O) groups is 4. The molecule has 1 aliphatic heterocycles. The lowest BCUT2D eigenvalue weighted by Crippen LogP contribution is -2.43. The summed E-state index contributed by atoms with van der Waals surface area (Å²) in [6, 6.07) is 5.13. The van der Waals surface area contributed by atoms with Gasteiger partial charge in [-0.25, -0.2) is 0 Å². The highest BCUT2D eigenvalue weighted by Gasteiger charge is 2.57. The van der Waals surface area contributed by atoms with Crippen molar-refractivity contribution in [2.24, 2.45) is 17.8 Å². The molecule has 1 aromatic rings. The average molecular weight is 516 g/mol. The summed E-state index contributed by atoms with van der Waals surface area (Å²) in [6.07, 6.45) is 8.86. The van der Waals surface area contributed by atoms with E-state index >= 15 is 0 Å². The highest BCUT2D eigenvalue weighted by Crippen LogP contribution is 2.57.